The number of hydrogen-bond acceptors (Lipinski definition) is 1. The first-order chi connectivity index (χ1) is 28.8. The molecular weight excluding hydrogens is 739 g/mol. The molecule has 290 valence electrons. The van der Waals surface area contributed by atoms with Crippen LogP contribution in [-0.4, -0.2) is 15.7 Å². The highest BCUT2D eigenvalue weighted by Crippen LogP contribution is 2.64. The molecule has 1 aliphatic carbocycles. The Morgan fingerprint density at radius 2 is 1.15 bits per heavy atom. The van der Waals surface area contributed by atoms with Crippen LogP contribution in [0.5, 0.6) is 0 Å². The number of anilines is 3. The Balaban J connectivity index is 1.29. The Bertz CT molecular complexity index is 3420. The third kappa shape index (κ3) is 3.92. The van der Waals surface area contributed by atoms with Crippen LogP contribution in [0.4, 0.5) is 25.8 Å². The Morgan fingerprint density at radius 1 is 0.533 bits per heavy atom. The molecule has 0 N–H and O–H groups in total. The zero-order chi connectivity index (χ0) is 40.9. The predicted molar refractivity (Wildman–Crippen MR) is 244 cm³/mol. The van der Waals surface area contributed by atoms with E-state index in [0.29, 0.717) is 5.52 Å². The van der Waals surface area contributed by atoms with Crippen molar-refractivity contribution < 1.29 is 8.78 Å². The molecule has 2 aromatic heterocycles. The van der Waals surface area contributed by atoms with Gasteiger partial charge in [-0.2, -0.15) is 0 Å². The molecule has 6 heteroatoms. The summed E-state index contributed by atoms with van der Waals surface area (Å²) in [6, 6.07) is 46.1. The maximum Gasteiger partial charge on any atom is 0.255 e. The van der Waals surface area contributed by atoms with Crippen LogP contribution >= 0.6 is 0 Å². The van der Waals surface area contributed by atoms with Crippen LogP contribution < -0.4 is 21.3 Å². The van der Waals surface area contributed by atoms with Crippen LogP contribution in [0.3, 0.4) is 0 Å². The molecule has 9 aromatic rings. The second-order valence-electron chi connectivity index (χ2n) is 19.7. The third-order valence-corrected chi connectivity index (χ3v) is 14.3. The van der Waals surface area contributed by atoms with E-state index in [0.717, 1.165) is 44.5 Å². The van der Waals surface area contributed by atoms with Crippen LogP contribution in [0.1, 0.15) is 80.5 Å². The first kappa shape index (κ1) is 34.5. The number of aryl methyl sites for hydroxylation is 1. The van der Waals surface area contributed by atoms with E-state index in [1.807, 2.05) is 6.07 Å². The molecule has 0 unspecified atom stereocenters. The Hall–Kier alpha value is -6.40. The zero-order valence-electron chi connectivity index (χ0n) is 34.8. The second kappa shape index (κ2) is 10.9. The molecule has 3 aliphatic heterocycles. The van der Waals surface area contributed by atoms with Crippen molar-refractivity contribution in [3.05, 3.63) is 178 Å². The standard InChI is InChI=1S/C54H42BF2N3/c1-29-22-46-49-47(23-29)60-44-19-13-12-18-43(44)59-45-28-41(57)40(56)27-34(45)48(51(59)60)55(49)39-26-31(53(5,6)7)25-38-50(39)58(46)42-21-20-30(52(2,3)4)24-37(42)54(38)35-16-10-8-14-32(35)33-15-9-11-17-36(33)54/h8-28H,1-7H3. The Labute approximate surface area is 348 Å². The van der Waals surface area contributed by atoms with Crippen molar-refractivity contribution in [1.29, 1.82) is 0 Å². The minimum absolute atomic E-state index is 0.0927. The molecule has 3 nitrogen and oxygen atoms in total. The quantitative estimate of drug-likeness (QED) is 0.140. The molecule has 0 saturated carbocycles. The number of nitrogens with zero attached hydrogens (tertiary/aromatic N) is 3. The molecule has 7 aromatic carbocycles. The summed E-state index contributed by atoms with van der Waals surface area (Å²) in [6.07, 6.45) is 0. The van der Waals surface area contributed by atoms with Crippen molar-refractivity contribution in [2.45, 2.75) is 64.7 Å². The van der Waals surface area contributed by atoms with Gasteiger partial charge in [-0.1, -0.05) is 126 Å². The highest BCUT2D eigenvalue weighted by Gasteiger charge is 2.56. The maximum absolute atomic E-state index is 15.8. The average Bonchev–Trinajstić information content (AvgIpc) is 3.83. The van der Waals surface area contributed by atoms with E-state index < -0.39 is 17.0 Å². The minimum Gasteiger partial charge on any atom is -0.311 e. The number of hydrogen-bond donors (Lipinski definition) is 0. The van der Waals surface area contributed by atoms with Gasteiger partial charge in [0.2, 0.25) is 0 Å². The van der Waals surface area contributed by atoms with Gasteiger partial charge in [-0.3, -0.25) is 8.97 Å². The fourth-order valence-electron chi connectivity index (χ4n) is 11.8. The molecule has 60 heavy (non-hydrogen) atoms. The number of imidazole rings is 1. The van der Waals surface area contributed by atoms with Gasteiger partial charge < -0.3 is 4.90 Å². The third-order valence-electron chi connectivity index (χ3n) is 14.3. The van der Waals surface area contributed by atoms with Crippen molar-refractivity contribution in [1.82, 2.24) is 8.97 Å². The van der Waals surface area contributed by atoms with Gasteiger partial charge in [-0.05, 0) is 121 Å². The monoisotopic (exact) mass is 781 g/mol. The largest absolute Gasteiger partial charge is 0.311 e. The summed E-state index contributed by atoms with van der Waals surface area (Å²) in [5.41, 5.74) is 22.0. The fourth-order valence-corrected chi connectivity index (χ4v) is 11.8. The summed E-state index contributed by atoms with van der Waals surface area (Å²) in [5, 5.41) is 0.742. The first-order valence-corrected chi connectivity index (χ1v) is 21.2. The summed E-state index contributed by atoms with van der Waals surface area (Å²) in [6.45, 7) is 15.8. The van der Waals surface area contributed by atoms with E-state index in [1.54, 1.807) is 0 Å². The molecule has 4 aliphatic rings. The number of rotatable bonds is 0. The van der Waals surface area contributed by atoms with E-state index in [9.17, 15) is 0 Å². The van der Waals surface area contributed by atoms with Gasteiger partial charge in [0.1, 0.15) is 5.65 Å². The van der Waals surface area contributed by atoms with E-state index in [-0.39, 0.29) is 17.5 Å². The first-order valence-electron chi connectivity index (χ1n) is 21.2. The summed E-state index contributed by atoms with van der Waals surface area (Å²) >= 11 is 0. The molecule has 1 spiro atoms. The molecular formula is C54H42BF2N3. The van der Waals surface area contributed by atoms with Gasteiger partial charge in [0.05, 0.1) is 27.7 Å². The highest BCUT2D eigenvalue weighted by atomic mass is 19.2. The zero-order valence-corrected chi connectivity index (χ0v) is 34.8. The van der Waals surface area contributed by atoms with Crippen LogP contribution in [0, 0.1) is 18.6 Å². The van der Waals surface area contributed by atoms with Gasteiger partial charge in [-0.15, -0.1) is 0 Å². The van der Waals surface area contributed by atoms with Crippen LogP contribution in [0.25, 0.3) is 44.4 Å². The summed E-state index contributed by atoms with van der Waals surface area (Å²) in [7, 11) is 0. The SMILES string of the molecule is Cc1cc2c3c(c1)-n1c4ccccc4n4c5cc(F)c(F)cc5c(c14)B3c1cc(C(C)(C)C)cc3c1N2c1ccc(C(C)(C)C)cc1C31c2ccccc2-c2ccccc21. The van der Waals surface area contributed by atoms with Crippen molar-refractivity contribution in [3.8, 4) is 16.8 Å². The van der Waals surface area contributed by atoms with Crippen LogP contribution in [0.2, 0.25) is 0 Å². The van der Waals surface area contributed by atoms with Gasteiger partial charge in [0, 0.05) is 28.5 Å². The lowest BCUT2D eigenvalue weighted by Crippen LogP contribution is -2.62. The summed E-state index contributed by atoms with van der Waals surface area (Å²) in [4.78, 5) is 2.57. The topological polar surface area (TPSA) is 12.6 Å². The van der Waals surface area contributed by atoms with Gasteiger partial charge >= 0.3 is 0 Å². The highest BCUT2D eigenvalue weighted by molar-refractivity contribution is 7.01. The predicted octanol–water partition coefficient (Wildman–Crippen LogP) is 11.5. The van der Waals surface area contributed by atoms with Crippen molar-refractivity contribution >= 4 is 67.7 Å². The molecule has 0 bridgehead atoms. The smallest absolute Gasteiger partial charge is 0.255 e. The average molecular weight is 782 g/mol. The fraction of sp³-hybridized carbons (Fsp3) is 0.185. The molecule has 0 saturated heterocycles. The minimum atomic E-state index is -0.841. The molecule has 13 rings (SSSR count). The van der Waals surface area contributed by atoms with Crippen LogP contribution in [0.15, 0.2) is 127 Å². The number of benzene rings is 7. The van der Waals surface area contributed by atoms with Crippen molar-refractivity contribution in [2.75, 3.05) is 4.90 Å². The molecule has 5 heterocycles. The van der Waals surface area contributed by atoms with Gasteiger partial charge in [-0.25, -0.2) is 8.78 Å². The Kier molecular flexibility index (Phi) is 6.24. The maximum atomic E-state index is 15.8. The summed E-state index contributed by atoms with van der Waals surface area (Å²) in [5.74, 6) is -1.67. The summed E-state index contributed by atoms with van der Waals surface area (Å²) < 4.78 is 35.8. The number of fused-ring (bicyclic) bond motifs is 19. The lowest BCUT2D eigenvalue weighted by atomic mass is 9.33. The van der Waals surface area contributed by atoms with E-state index >= 15 is 8.78 Å². The van der Waals surface area contributed by atoms with Crippen LogP contribution in [-0.2, 0) is 16.2 Å². The molecule has 0 fully saturated rings. The molecule has 0 atom stereocenters. The van der Waals surface area contributed by atoms with Crippen molar-refractivity contribution in [2.24, 2.45) is 0 Å². The van der Waals surface area contributed by atoms with E-state index in [1.165, 1.54) is 78.9 Å². The molecule has 0 amide bonds. The number of para-hydroxylation sites is 2. The van der Waals surface area contributed by atoms with Crippen molar-refractivity contribution in [3.63, 3.8) is 0 Å². The number of aromatic nitrogens is 2. The molecule has 0 radical (unpaired) electrons. The van der Waals surface area contributed by atoms with Gasteiger partial charge in [0.25, 0.3) is 6.71 Å². The lowest BCUT2D eigenvalue weighted by Gasteiger charge is -2.50. The Morgan fingerprint density at radius 3 is 1.85 bits per heavy atom. The van der Waals surface area contributed by atoms with E-state index in [2.05, 4.69) is 172 Å². The van der Waals surface area contributed by atoms with E-state index in [4.69, 9.17) is 0 Å². The van der Waals surface area contributed by atoms with Gasteiger partial charge in [0.15, 0.2) is 11.6 Å². The second-order valence-corrected chi connectivity index (χ2v) is 19.7. The number of halogens is 2. The lowest BCUT2D eigenvalue weighted by molar-refractivity contribution is 0.511. The normalized spacial score (nSPS) is 15.2.